The number of nitrogens with two attached hydrogens (primary N) is 1. The summed E-state index contributed by atoms with van der Waals surface area (Å²) in [6.07, 6.45) is 0. The first-order valence-electron chi connectivity index (χ1n) is 5.64. The van der Waals surface area contributed by atoms with Gasteiger partial charge in [0.05, 0.1) is 16.3 Å². The highest BCUT2D eigenvalue weighted by Gasteiger charge is 2.12. The Bertz CT molecular complexity index is 920. The Kier molecular flexibility index (Phi) is 2.26. The Morgan fingerprint density at radius 2 is 2.11 bits per heavy atom. The Labute approximate surface area is 107 Å². The van der Waals surface area contributed by atoms with E-state index in [4.69, 9.17) is 15.4 Å². The van der Waals surface area contributed by atoms with E-state index < -0.39 is 0 Å². The maximum absolute atomic E-state index is 12.3. The van der Waals surface area contributed by atoms with E-state index in [0.29, 0.717) is 11.0 Å². The SMILES string of the molecule is Cc1ccc2c(=O)c3cc(C#N)c(N)nc3oc2c1. The van der Waals surface area contributed by atoms with Gasteiger partial charge in [0.1, 0.15) is 17.5 Å². The van der Waals surface area contributed by atoms with Crippen LogP contribution in [0.5, 0.6) is 0 Å². The summed E-state index contributed by atoms with van der Waals surface area (Å²) in [5.41, 5.74) is 7.19. The molecule has 0 aliphatic carbocycles. The highest BCUT2D eigenvalue weighted by atomic mass is 16.3. The highest BCUT2D eigenvalue weighted by Crippen LogP contribution is 2.21. The van der Waals surface area contributed by atoms with Crippen molar-refractivity contribution in [1.29, 1.82) is 5.26 Å². The van der Waals surface area contributed by atoms with Gasteiger partial charge >= 0.3 is 0 Å². The third-order valence-corrected chi connectivity index (χ3v) is 2.97. The van der Waals surface area contributed by atoms with E-state index in [1.165, 1.54) is 6.07 Å². The minimum Gasteiger partial charge on any atom is -0.437 e. The third kappa shape index (κ3) is 1.62. The second-order valence-electron chi connectivity index (χ2n) is 4.32. The molecule has 0 amide bonds. The number of hydrogen-bond acceptors (Lipinski definition) is 5. The first-order valence-corrected chi connectivity index (χ1v) is 5.64. The Morgan fingerprint density at radius 1 is 1.32 bits per heavy atom. The van der Waals surface area contributed by atoms with Crippen LogP contribution in [0.4, 0.5) is 5.82 Å². The molecule has 0 bridgehead atoms. The van der Waals surface area contributed by atoms with Crippen molar-refractivity contribution in [2.24, 2.45) is 0 Å². The lowest BCUT2D eigenvalue weighted by molar-refractivity contribution is 0.645. The number of rotatable bonds is 0. The van der Waals surface area contributed by atoms with Crippen LogP contribution in [0.3, 0.4) is 0 Å². The molecule has 0 radical (unpaired) electrons. The number of aryl methyl sites for hydroxylation is 1. The summed E-state index contributed by atoms with van der Waals surface area (Å²) in [4.78, 5) is 16.3. The van der Waals surface area contributed by atoms with Crippen molar-refractivity contribution >= 4 is 27.9 Å². The molecule has 0 spiro atoms. The molecule has 2 N–H and O–H groups in total. The highest BCUT2D eigenvalue weighted by molar-refractivity contribution is 5.89. The van der Waals surface area contributed by atoms with E-state index in [1.54, 1.807) is 12.1 Å². The first-order chi connectivity index (χ1) is 9.10. The number of aromatic nitrogens is 1. The Morgan fingerprint density at radius 3 is 2.84 bits per heavy atom. The van der Waals surface area contributed by atoms with Gasteiger partial charge in [0.2, 0.25) is 11.1 Å². The van der Waals surface area contributed by atoms with Gasteiger partial charge < -0.3 is 10.2 Å². The van der Waals surface area contributed by atoms with Gasteiger partial charge in [-0.15, -0.1) is 0 Å². The van der Waals surface area contributed by atoms with E-state index in [2.05, 4.69) is 4.98 Å². The van der Waals surface area contributed by atoms with E-state index in [-0.39, 0.29) is 27.9 Å². The zero-order valence-electron chi connectivity index (χ0n) is 10.1. The molecular formula is C14H9N3O2. The van der Waals surface area contributed by atoms with Crippen LogP contribution < -0.4 is 11.2 Å². The van der Waals surface area contributed by atoms with Crippen molar-refractivity contribution < 1.29 is 4.42 Å². The van der Waals surface area contributed by atoms with E-state index >= 15 is 0 Å². The van der Waals surface area contributed by atoms with Crippen LogP contribution in [0.1, 0.15) is 11.1 Å². The van der Waals surface area contributed by atoms with Crippen molar-refractivity contribution in [1.82, 2.24) is 4.98 Å². The summed E-state index contributed by atoms with van der Waals surface area (Å²) in [6.45, 7) is 1.91. The average Bonchev–Trinajstić information content (AvgIpc) is 2.38. The molecular weight excluding hydrogens is 242 g/mol. The number of benzene rings is 1. The van der Waals surface area contributed by atoms with Crippen molar-refractivity contribution in [2.45, 2.75) is 6.92 Å². The van der Waals surface area contributed by atoms with E-state index in [1.807, 2.05) is 19.1 Å². The normalized spacial score (nSPS) is 10.7. The minimum absolute atomic E-state index is 0.0603. The van der Waals surface area contributed by atoms with Gasteiger partial charge in [-0.1, -0.05) is 6.07 Å². The van der Waals surface area contributed by atoms with E-state index in [9.17, 15) is 4.79 Å². The molecule has 0 saturated carbocycles. The fourth-order valence-corrected chi connectivity index (χ4v) is 1.99. The lowest BCUT2D eigenvalue weighted by Crippen LogP contribution is -2.05. The Hall–Kier alpha value is -2.87. The molecule has 0 aliphatic heterocycles. The Balaban J connectivity index is 2.55. The zero-order chi connectivity index (χ0) is 13.6. The fraction of sp³-hybridized carbons (Fsp3) is 0.0714. The van der Waals surface area contributed by atoms with Gasteiger partial charge in [-0.2, -0.15) is 10.2 Å². The molecule has 2 heterocycles. The van der Waals surface area contributed by atoms with Gasteiger partial charge in [-0.3, -0.25) is 4.79 Å². The molecule has 3 rings (SSSR count). The summed E-state index contributed by atoms with van der Waals surface area (Å²) in [5.74, 6) is 0.0603. The smallest absolute Gasteiger partial charge is 0.232 e. The van der Waals surface area contributed by atoms with Crippen molar-refractivity contribution in [3.05, 3.63) is 45.6 Å². The molecule has 2 aromatic heterocycles. The molecule has 19 heavy (non-hydrogen) atoms. The number of pyridine rings is 1. The first kappa shape index (κ1) is 11.2. The fourth-order valence-electron chi connectivity index (χ4n) is 1.99. The van der Waals surface area contributed by atoms with Gasteiger partial charge in [-0.25, -0.2) is 0 Å². The number of anilines is 1. The summed E-state index contributed by atoms with van der Waals surface area (Å²) in [7, 11) is 0. The van der Waals surface area contributed by atoms with Crippen molar-refractivity contribution in [3.63, 3.8) is 0 Å². The number of fused-ring (bicyclic) bond motifs is 2. The monoisotopic (exact) mass is 251 g/mol. The molecule has 92 valence electrons. The average molecular weight is 251 g/mol. The van der Waals surface area contributed by atoms with Crippen LogP contribution in [-0.4, -0.2) is 4.98 Å². The maximum atomic E-state index is 12.3. The van der Waals surface area contributed by atoms with Crippen LogP contribution in [0.2, 0.25) is 0 Å². The molecule has 0 saturated heterocycles. The number of hydrogen-bond donors (Lipinski definition) is 1. The van der Waals surface area contributed by atoms with Gasteiger partial charge in [0.25, 0.3) is 0 Å². The standard InChI is InChI=1S/C14H9N3O2/c1-7-2-3-9-11(4-7)19-14-10(12(9)18)5-8(6-15)13(16)17-14/h2-5H,1H3,(H2,16,17). The largest absolute Gasteiger partial charge is 0.437 e. The van der Waals surface area contributed by atoms with Crippen molar-refractivity contribution in [3.8, 4) is 6.07 Å². The second-order valence-corrected chi connectivity index (χ2v) is 4.32. The van der Waals surface area contributed by atoms with Crippen LogP contribution >= 0.6 is 0 Å². The van der Waals surface area contributed by atoms with E-state index in [0.717, 1.165) is 5.56 Å². The maximum Gasteiger partial charge on any atom is 0.232 e. The number of nitrogens with zero attached hydrogens (tertiary/aromatic N) is 2. The molecule has 0 aliphatic rings. The van der Waals surface area contributed by atoms with Crippen LogP contribution in [0.15, 0.2) is 33.5 Å². The topological polar surface area (TPSA) is 92.9 Å². The summed E-state index contributed by atoms with van der Waals surface area (Å²) in [6, 6.07) is 8.63. The zero-order valence-corrected chi connectivity index (χ0v) is 10.1. The number of nitriles is 1. The molecule has 5 heteroatoms. The second kappa shape index (κ2) is 3.82. The molecule has 1 aromatic carbocycles. The van der Waals surface area contributed by atoms with Gasteiger partial charge in [0, 0.05) is 0 Å². The van der Waals surface area contributed by atoms with Crippen LogP contribution in [0.25, 0.3) is 22.1 Å². The summed E-state index contributed by atoms with van der Waals surface area (Å²) < 4.78 is 5.59. The predicted molar refractivity (Wildman–Crippen MR) is 71.6 cm³/mol. The van der Waals surface area contributed by atoms with Gasteiger partial charge in [-0.05, 0) is 30.7 Å². The molecule has 0 unspecified atom stereocenters. The summed E-state index contributed by atoms with van der Waals surface area (Å²) >= 11 is 0. The molecule has 0 atom stereocenters. The van der Waals surface area contributed by atoms with Crippen LogP contribution in [-0.2, 0) is 0 Å². The third-order valence-electron chi connectivity index (χ3n) is 2.97. The predicted octanol–water partition coefficient (Wildman–Crippen LogP) is 2.10. The minimum atomic E-state index is -0.208. The molecule has 3 aromatic rings. The summed E-state index contributed by atoms with van der Waals surface area (Å²) in [5, 5.41) is 9.65. The molecule has 0 fully saturated rings. The van der Waals surface area contributed by atoms with Crippen molar-refractivity contribution in [2.75, 3.05) is 5.73 Å². The number of nitrogen functional groups attached to an aromatic ring is 1. The quantitative estimate of drug-likeness (QED) is 0.617. The van der Waals surface area contributed by atoms with Crippen LogP contribution in [0, 0.1) is 18.3 Å². The van der Waals surface area contributed by atoms with Gasteiger partial charge in [0.15, 0.2) is 0 Å². The lowest BCUT2D eigenvalue weighted by atomic mass is 10.1. The molecule has 5 nitrogen and oxygen atoms in total. The lowest BCUT2D eigenvalue weighted by Gasteiger charge is -2.03.